The van der Waals surface area contributed by atoms with Gasteiger partial charge in [0.15, 0.2) is 0 Å². The number of aliphatic hydroxyl groups excluding tert-OH is 1. The van der Waals surface area contributed by atoms with Crippen LogP contribution in [-0.2, 0) is 0 Å². The van der Waals surface area contributed by atoms with E-state index in [0.29, 0.717) is 0 Å². The summed E-state index contributed by atoms with van der Waals surface area (Å²) in [5.41, 5.74) is 2.20. The fraction of sp³-hybridized carbons (Fsp3) is 0.333. The highest BCUT2D eigenvalue weighted by Gasteiger charge is 2.15. The standard InChI is InChI=1S/C12H14O/c13-12(11-8-4-5-9-11)10-6-2-1-3-7-10/h1-3,6-8,12-13H,4-5,9H2. The molecular formula is C12H14O. The van der Waals surface area contributed by atoms with E-state index >= 15 is 0 Å². The Balaban J connectivity index is 2.17. The molecule has 1 aromatic rings. The van der Waals surface area contributed by atoms with Crippen LogP contribution >= 0.6 is 0 Å². The van der Waals surface area contributed by atoms with Crippen LogP contribution in [0.3, 0.4) is 0 Å². The third kappa shape index (κ3) is 1.81. The lowest BCUT2D eigenvalue weighted by Gasteiger charge is -2.11. The van der Waals surface area contributed by atoms with Crippen molar-refractivity contribution in [3.05, 3.63) is 47.5 Å². The van der Waals surface area contributed by atoms with Crippen LogP contribution in [0.15, 0.2) is 42.0 Å². The molecule has 68 valence electrons. The third-order valence-electron chi connectivity index (χ3n) is 2.54. The molecule has 13 heavy (non-hydrogen) atoms. The van der Waals surface area contributed by atoms with Crippen molar-refractivity contribution in [2.75, 3.05) is 0 Å². The molecule has 1 N–H and O–H groups in total. The molecular weight excluding hydrogens is 160 g/mol. The Labute approximate surface area is 78.7 Å². The summed E-state index contributed by atoms with van der Waals surface area (Å²) in [5, 5.41) is 9.95. The summed E-state index contributed by atoms with van der Waals surface area (Å²) >= 11 is 0. The molecule has 0 aliphatic heterocycles. The summed E-state index contributed by atoms with van der Waals surface area (Å²) in [5.74, 6) is 0. The second-order valence-electron chi connectivity index (χ2n) is 3.48. The zero-order chi connectivity index (χ0) is 9.10. The van der Waals surface area contributed by atoms with Gasteiger partial charge in [0.1, 0.15) is 6.10 Å². The molecule has 2 rings (SSSR count). The maximum atomic E-state index is 9.95. The van der Waals surface area contributed by atoms with Crippen molar-refractivity contribution < 1.29 is 5.11 Å². The summed E-state index contributed by atoms with van der Waals surface area (Å²) < 4.78 is 0. The molecule has 1 unspecified atom stereocenters. The van der Waals surface area contributed by atoms with Crippen molar-refractivity contribution in [2.24, 2.45) is 0 Å². The van der Waals surface area contributed by atoms with Crippen molar-refractivity contribution in [3.8, 4) is 0 Å². The number of rotatable bonds is 2. The van der Waals surface area contributed by atoms with Gasteiger partial charge in [-0.1, -0.05) is 36.4 Å². The first kappa shape index (κ1) is 8.52. The molecule has 0 amide bonds. The summed E-state index contributed by atoms with van der Waals surface area (Å²) in [6.45, 7) is 0. The average molecular weight is 174 g/mol. The maximum absolute atomic E-state index is 9.95. The van der Waals surface area contributed by atoms with Crippen LogP contribution in [-0.4, -0.2) is 5.11 Å². The second kappa shape index (κ2) is 3.75. The van der Waals surface area contributed by atoms with Gasteiger partial charge in [0.25, 0.3) is 0 Å². The molecule has 0 heterocycles. The average Bonchev–Trinajstić information content (AvgIpc) is 2.71. The van der Waals surface area contributed by atoms with Gasteiger partial charge in [-0.05, 0) is 30.4 Å². The SMILES string of the molecule is OC(C1=CCCC1)c1ccccc1. The molecule has 0 aromatic heterocycles. The van der Waals surface area contributed by atoms with Crippen LogP contribution in [0.2, 0.25) is 0 Å². The van der Waals surface area contributed by atoms with Crippen molar-refractivity contribution in [1.29, 1.82) is 0 Å². The van der Waals surface area contributed by atoms with Crippen molar-refractivity contribution in [2.45, 2.75) is 25.4 Å². The van der Waals surface area contributed by atoms with Gasteiger partial charge in [0, 0.05) is 0 Å². The van der Waals surface area contributed by atoms with Gasteiger partial charge in [-0.2, -0.15) is 0 Å². The van der Waals surface area contributed by atoms with Crippen LogP contribution < -0.4 is 0 Å². The normalized spacial score (nSPS) is 18.4. The Kier molecular flexibility index (Phi) is 2.46. The van der Waals surface area contributed by atoms with E-state index in [1.54, 1.807) is 0 Å². The van der Waals surface area contributed by atoms with E-state index in [0.717, 1.165) is 18.4 Å². The first-order valence-corrected chi connectivity index (χ1v) is 4.80. The number of hydrogen-bond donors (Lipinski definition) is 1. The van der Waals surface area contributed by atoms with Gasteiger partial charge in [-0.3, -0.25) is 0 Å². The highest BCUT2D eigenvalue weighted by Crippen LogP contribution is 2.29. The van der Waals surface area contributed by atoms with E-state index in [-0.39, 0.29) is 6.10 Å². The molecule has 0 fully saturated rings. The number of aliphatic hydroxyl groups is 1. The van der Waals surface area contributed by atoms with Gasteiger partial charge < -0.3 is 5.11 Å². The summed E-state index contributed by atoms with van der Waals surface area (Å²) in [7, 11) is 0. The third-order valence-corrected chi connectivity index (χ3v) is 2.54. The topological polar surface area (TPSA) is 20.2 Å². The fourth-order valence-electron chi connectivity index (χ4n) is 1.79. The van der Waals surface area contributed by atoms with Gasteiger partial charge in [0.2, 0.25) is 0 Å². The fourth-order valence-corrected chi connectivity index (χ4v) is 1.79. The molecule has 1 aliphatic carbocycles. The van der Waals surface area contributed by atoms with Crippen LogP contribution in [0.1, 0.15) is 30.9 Å². The van der Waals surface area contributed by atoms with E-state index in [1.165, 1.54) is 12.0 Å². The van der Waals surface area contributed by atoms with E-state index in [1.807, 2.05) is 30.3 Å². The minimum absolute atomic E-state index is 0.372. The summed E-state index contributed by atoms with van der Waals surface area (Å²) in [4.78, 5) is 0. The molecule has 1 aromatic carbocycles. The lowest BCUT2D eigenvalue weighted by atomic mass is 10.0. The Morgan fingerprint density at radius 3 is 2.54 bits per heavy atom. The van der Waals surface area contributed by atoms with Crippen LogP contribution in [0.5, 0.6) is 0 Å². The zero-order valence-corrected chi connectivity index (χ0v) is 7.61. The highest BCUT2D eigenvalue weighted by molar-refractivity contribution is 5.27. The lowest BCUT2D eigenvalue weighted by Crippen LogP contribution is -1.98. The van der Waals surface area contributed by atoms with Crippen molar-refractivity contribution in [1.82, 2.24) is 0 Å². The maximum Gasteiger partial charge on any atom is 0.100 e. The minimum atomic E-state index is -0.372. The molecule has 1 atom stereocenters. The first-order chi connectivity index (χ1) is 6.38. The number of allylic oxidation sites excluding steroid dienone is 1. The molecule has 0 saturated heterocycles. The van der Waals surface area contributed by atoms with E-state index in [4.69, 9.17) is 0 Å². The van der Waals surface area contributed by atoms with E-state index < -0.39 is 0 Å². The molecule has 1 aliphatic rings. The van der Waals surface area contributed by atoms with Crippen LogP contribution in [0, 0.1) is 0 Å². The Bertz CT molecular complexity index is 300. The van der Waals surface area contributed by atoms with Gasteiger partial charge in [0.05, 0.1) is 0 Å². The molecule has 0 bridgehead atoms. The quantitative estimate of drug-likeness (QED) is 0.683. The van der Waals surface area contributed by atoms with E-state index in [2.05, 4.69) is 6.08 Å². The minimum Gasteiger partial charge on any atom is -0.384 e. The van der Waals surface area contributed by atoms with Crippen LogP contribution in [0.25, 0.3) is 0 Å². The predicted octanol–water partition coefficient (Wildman–Crippen LogP) is 2.83. The van der Waals surface area contributed by atoms with E-state index in [9.17, 15) is 5.11 Å². The van der Waals surface area contributed by atoms with Crippen molar-refractivity contribution in [3.63, 3.8) is 0 Å². The number of benzene rings is 1. The first-order valence-electron chi connectivity index (χ1n) is 4.80. The summed E-state index contributed by atoms with van der Waals surface area (Å²) in [6, 6.07) is 9.86. The number of hydrogen-bond acceptors (Lipinski definition) is 1. The highest BCUT2D eigenvalue weighted by atomic mass is 16.3. The van der Waals surface area contributed by atoms with Gasteiger partial charge >= 0.3 is 0 Å². The Morgan fingerprint density at radius 1 is 1.15 bits per heavy atom. The van der Waals surface area contributed by atoms with Crippen LogP contribution in [0.4, 0.5) is 0 Å². The molecule has 0 radical (unpaired) electrons. The monoisotopic (exact) mass is 174 g/mol. The van der Waals surface area contributed by atoms with Gasteiger partial charge in [-0.15, -0.1) is 0 Å². The zero-order valence-electron chi connectivity index (χ0n) is 7.61. The molecule has 0 spiro atoms. The van der Waals surface area contributed by atoms with Gasteiger partial charge in [-0.25, -0.2) is 0 Å². The molecule has 1 nitrogen and oxygen atoms in total. The smallest absolute Gasteiger partial charge is 0.100 e. The molecule has 0 saturated carbocycles. The Hall–Kier alpha value is -1.08. The Morgan fingerprint density at radius 2 is 1.92 bits per heavy atom. The second-order valence-corrected chi connectivity index (χ2v) is 3.48. The molecule has 1 heteroatoms. The summed E-state index contributed by atoms with van der Waals surface area (Å²) in [6.07, 6.45) is 5.16. The largest absolute Gasteiger partial charge is 0.384 e. The van der Waals surface area contributed by atoms with Crippen molar-refractivity contribution >= 4 is 0 Å². The predicted molar refractivity (Wildman–Crippen MR) is 53.3 cm³/mol. The lowest BCUT2D eigenvalue weighted by molar-refractivity contribution is 0.212.